The zero-order valence-electron chi connectivity index (χ0n) is 19.3. The third kappa shape index (κ3) is 6.24. The second kappa shape index (κ2) is 10.5. The van der Waals surface area contributed by atoms with Gasteiger partial charge in [0.05, 0.1) is 11.9 Å². The topological polar surface area (TPSA) is 121 Å². The Morgan fingerprint density at radius 3 is 2.56 bits per heavy atom. The predicted molar refractivity (Wildman–Crippen MR) is 127 cm³/mol. The van der Waals surface area contributed by atoms with Gasteiger partial charge in [-0.3, -0.25) is 9.78 Å². The molecule has 4 rings (SSSR count). The maximum atomic E-state index is 12.7. The van der Waals surface area contributed by atoms with Gasteiger partial charge in [-0.1, -0.05) is 6.07 Å². The summed E-state index contributed by atoms with van der Waals surface area (Å²) in [6.07, 6.45) is 6.68. The normalized spacial score (nSPS) is 19.6. The van der Waals surface area contributed by atoms with Gasteiger partial charge in [-0.25, -0.2) is 9.59 Å². The molecule has 1 fully saturated rings. The lowest BCUT2D eigenvalue weighted by atomic mass is 9.85. The van der Waals surface area contributed by atoms with Gasteiger partial charge in [0.1, 0.15) is 6.10 Å². The van der Waals surface area contributed by atoms with E-state index in [4.69, 9.17) is 9.84 Å². The van der Waals surface area contributed by atoms with Gasteiger partial charge in [0.2, 0.25) is 0 Å². The van der Waals surface area contributed by atoms with Crippen molar-refractivity contribution in [1.82, 2.24) is 9.88 Å². The molecular formula is C25H30N4O5. The molecule has 1 saturated carbocycles. The van der Waals surface area contributed by atoms with Crippen LogP contribution in [-0.4, -0.2) is 45.7 Å². The Balaban J connectivity index is 1.27. The molecule has 3 amide bonds. The zero-order chi connectivity index (χ0) is 24.1. The number of carboxylic acid groups (broad SMARTS) is 1. The van der Waals surface area contributed by atoms with Gasteiger partial charge in [0, 0.05) is 31.4 Å². The van der Waals surface area contributed by atoms with Crippen molar-refractivity contribution < 1.29 is 24.2 Å². The van der Waals surface area contributed by atoms with Gasteiger partial charge < -0.3 is 25.4 Å². The van der Waals surface area contributed by atoms with Gasteiger partial charge in [-0.05, 0) is 79.8 Å². The fourth-order valence-corrected chi connectivity index (χ4v) is 4.62. The van der Waals surface area contributed by atoms with Crippen LogP contribution in [0.15, 0.2) is 36.7 Å². The van der Waals surface area contributed by atoms with E-state index >= 15 is 0 Å². The van der Waals surface area contributed by atoms with E-state index in [0.29, 0.717) is 43.7 Å². The number of aromatic nitrogens is 1. The third-order valence-corrected chi connectivity index (χ3v) is 6.39. The van der Waals surface area contributed by atoms with E-state index in [2.05, 4.69) is 15.6 Å². The highest BCUT2D eigenvalue weighted by Crippen LogP contribution is 2.30. The first-order valence-electron chi connectivity index (χ1n) is 11.6. The number of pyridine rings is 1. The molecular weight excluding hydrogens is 436 g/mol. The van der Waals surface area contributed by atoms with Crippen LogP contribution >= 0.6 is 0 Å². The summed E-state index contributed by atoms with van der Waals surface area (Å²) < 4.78 is 5.71. The van der Waals surface area contributed by atoms with Crippen molar-refractivity contribution >= 4 is 29.5 Å². The van der Waals surface area contributed by atoms with Crippen LogP contribution in [0.25, 0.3) is 0 Å². The van der Waals surface area contributed by atoms with Crippen LogP contribution in [0, 0.1) is 12.8 Å². The number of urea groups is 1. The highest BCUT2D eigenvalue weighted by Gasteiger charge is 2.28. The number of rotatable bonds is 5. The average Bonchev–Trinajstić information content (AvgIpc) is 2.79. The molecule has 0 unspecified atom stereocenters. The van der Waals surface area contributed by atoms with Crippen molar-refractivity contribution in [2.75, 3.05) is 17.2 Å². The van der Waals surface area contributed by atoms with E-state index < -0.39 is 5.97 Å². The summed E-state index contributed by atoms with van der Waals surface area (Å²) in [5.41, 5.74) is 4.39. The van der Waals surface area contributed by atoms with Crippen molar-refractivity contribution in [3.05, 3.63) is 53.3 Å². The molecule has 0 bridgehead atoms. The quantitative estimate of drug-likeness (QED) is 0.594. The van der Waals surface area contributed by atoms with Gasteiger partial charge in [-0.2, -0.15) is 0 Å². The summed E-state index contributed by atoms with van der Waals surface area (Å²) in [5, 5.41) is 14.6. The van der Waals surface area contributed by atoms with E-state index in [1.54, 1.807) is 17.3 Å². The number of fused-ring (bicyclic) bond motifs is 1. The van der Waals surface area contributed by atoms with E-state index in [9.17, 15) is 14.4 Å². The maximum Gasteiger partial charge on any atom is 0.410 e. The van der Waals surface area contributed by atoms with Crippen LogP contribution in [-0.2, 0) is 22.5 Å². The first-order chi connectivity index (χ1) is 16.4. The van der Waals surface area contributed by atoms with E-state index in [1.807, 2.05) is 31.2 Å². The number of hydrogen-bond acceptors (Lipinski definition) is 5. The van der Waals surface area contributed by atoms with Gasteiger partial charge >= 0.3 is 18.1 Å². The number of nitrogens with zero attached hydrogens (tertiary/aromatic N) is 2. The molecule has 0 spiro atoms. The lowest BCUT2D eigenvalue weighted by Crippen LogP contribution is -2.39. The molecule has 2 aromatic rings. The minimum absolute atomic E-state index is 0.146. The summed E-state index contributed by atoms with van der Waals surface area (Å²) in [5.74, 6) is -0.595. The second-order valence-electron chi connectivity index (χ2n) is 9.11. The number of aliphatic carboxylic acids is 1. The fraction of sp³-hybridized carbons (Fsp3) is 0.440. The SMILES string of the molecule is Cc1cncc(NC(=O)Nc2ccc3c(c2)CCN(C(=O)OC2CCC(CC(=O)O)CC2)C3)c1. The number of anilines is 2. The average molecular weight is 467 g/mol. The van der Waals surface area contributed by atoms with Crippen molar-refractivity contribution in [1.29, 1.82) is 0 Å². The minimum atomic E-state index is -0.769. The monoisotopic (exact) mass is 466 g/mol. The summed E-state index contributed by atoms with van der Waals surface area (Å²) >= 11 is 0. The van der Waals surface area contributed by atoms with Crippen LogP contribution in [0.2, 0.25) is 0 Å². The van der Waals surface area contributed by atoms with E-state index in [1.165, 1.54) is 0 Å². The molecule has 2 heterocycles. The lowest BCUT2D eigenvalue weighted by molar-refractivity contribution is -0.138. The predicted octanol–water partition coefficient (Wildman–Crippen LogP) is 4.56. The zero-order valence-corrected chi connectivity index (χ0v) is 19.3. The van der Waals surface area contributed by atoms with Crippen LogP contribution in [0.3, 0.4) is 0 Å². The van der Waals surface area contributed by atoms with E-state index in [-0.39, 0.29) is 30.6 Å². The Morgan fingerprint density at radius 2 is 1.82 bits per heavy atom. The van der Waals surface area contributed by atoms with Gasteiger partial charge in [0.25, 0.3) is 0 Å². The molecule has 1 aliphatic heterocycles. The Morgan fingerprint density at radius 1 is 1.06 bits per heavy atom. The first-order valence-corrected chi connectivity index (χ1v) is 11.6. The Labute approximate surface area is 198 Å². The van der Waals surface area contributed by atoms with Crippen molar-refractivity contribution in [3.63, 3.8) is 0 Å². The smallest absolute Gasteiger partial charge is 0.410 e. The number of aryl methyl sites for hydroxylation is 1. The number of carbonyl (C=O) groups excluding carboxylic acids is 2. The largest absolute Gasteiger partial charge is 0.481 e. The van der Waals surface area contributed by atoms with E-state index in [0.717, 1.165) is 29.5 Å². The van der Waals surface area contributed by atoms with Gasteiger partial charge in [0.15, 0.2) is 0 Å². The summed E-state index contributed by atoms with van der Waals surface area (Å²) in [6, 6.07) is 7.19. The number of carbonyl (C=O) groups is 3. The highest BCUT2D eigenvalue weighted by molar-refractivity contribution is 5.99. The van der Waals surface area contributed by atoms with Crippen molar-refractivity contribution in [3.8, 4) is 0 Å². The molecule has 9 heteroatoms. The standard InChI is InChI=1S/C25H30N4O5/c1-16-10-21(14-26-13-16)28-24(32)27-20-5-4-19-15-29(9-8-18(19)12-20)25(33)34-22-6-2-17(3-7-22)11-23(30)31/h4-5,10,12-14,17,22H,2-3,6-9,11,15H2,1H3,(H,30,31)(H2,27,28,32). The number of ether oxygens (including phenoxy) is 1. The summed E-state index contributed by atoms with van der Waals surface area (Å²) in [7, 11) is 0. The summed E-state index contributed by atoms with van der Waals surface area (Å²) in [4.78, 5) is 41.6. The molecule has 1 aliphatic carbocycles. The van der Waals surface area contributed by atoms with Crippen LogP contribution in [0.1, 0.15) is 48.8 Å². The molecule has 2 aliphatic rings. The van der Waals surface area contributed by atoms with Gasteiger partial charge in [-0.15, -0.1) is 0 Å². The molecule has 0 saturated heterocycles. The van der Waals surface area contributed by atoms with Crippen LogP contribution in [0.4, 0.5) is 21.0 Å². The molecule has 0 atom stereocenters. The molecule has 180 valence electrons. The molecule has 9 nitrogen and oxygen atoms in total. The second-order valence-corrected chi connectivity index (χ2v) is 9.11. The summed E-state index contributed by atoms with van der Waals surface area (Å²) in [6.45, 7) is 2.92. The molecule has 34 heavy (non-hydrogen) atoms. The number of hydrogen-bond donors (Lipinski definition) is 3. The Bertz CT molecular complexity index is 1070. The number of carboxylic acids is 1. The number of amides is 3. The number of nitrogens with one attached hydrogen (secondary N) is 2. The highest BCUT2D eigenvalue weighted by atomic mass is 16.6. The van der Waals surface area contributed by atoms with Crippen molar-refractivity contribution in [2.45, 2.75) is 58.1 Å². The molecule has 3 N–H and O–H groups in total. The fourth-order valence-electron chi connectivity index (χ4n) is 4.62. The van der Waals surface area contributed by atoms with Crippen molar-refractivity contribution in [2.24, 2.45) is 5.92 Å². The molecule has 1 aromatic heterocycles. The molecule has 0 radical (unpaired) electrons. The van der Waals surface area contributed by atoms with Crippen LogP contribution in [0.5, 0.6) is 0 Å². The Hall–Kier alpha value is -3.62. The first kappa shape index (κ1) is 23.5. The molecule has 1 aromatic carbocycles. The minimum Gasteiger partial charge on any atom is -0.481 e. The lowest BCUT2D eigenvalue weighted by Gasteiger charge is -2.32. The maximum absolute atomic E-state index is 12.7. The van der Waals surface area contributed by atoms with Crippen LogP contribution < -0.4 is 10.6 Å². The number of benzene rings is 1. The Kier molecular flexibility index (Phi) is 7.30. The third-order valence-electron chi connectivity index (χ3n) is 6.39.